The van der Waals surface area contributed by atoms with E-state index >= 15 is 0 Å². The zero-order chi connectivity index (χ0) is 19.2. The van der Waals surface area contributed by atoms with E-state index in [0.717, 1.165) is 22.0 Å². The number of aliphatic hydroxyl groups excluding tert-OH is 1. The number of carbonyl (C=O) groups is 1. The van der Waals surface area contributed by atoms with Crippen LogP contribution in [0.4, 0.5) is 0 Å². The predicted octanol–water partition coefficient (Wildman–Crippen LogP) is 2.03. The molecular weight excluding hydrogens is 338 g/mol. The van der Waals surface area contributed by atoms with Crippen LogP contribution in [-0.2, 0) is 24.7 Å². The second kappa shape index (κ2) is 8.84. The van der Waals surface area contributed by atoms with Crippen molar-refractivity contribution in [2.45, 2.75) is 24.9 Å². The third-order valence-corrected chi connectivity index (χ3v) is 4.96. The monoisotopic (exact) mass is 365 g/mol. The number of nitrogens with zero attached hydrogens (tertiary/aromatic N) is 1. The lowest BCUT2D eigenvalue weighted by Gasteiger charge is -2.21. The van der Waals surface area contributed by atoms with Crippen molar-refractivity contribution in [1.29, 1.82) is 0 Å². The van der Waals surface area contributed by atoms with Crippen molar-refractivity contribution < 1.29 is 9.90 Å². The summed E-state index contributed by atoms with van der Waals surface area (Å²) in [6.07, 6.45) is 3.26. The van der Waals surface area contributed by atoms with Gasteiger partial charge >= 0.3 is 0 Å². The van der Waals surface area contributed by atoms with E-state index in [1.54, 1.807) is 7.05 Å². The largest absolute Gasteiger partial charge is 0.394 e. The number of hydrogen-bond donors (Lipinski definition) is 3. The van der Waals surface area contributed by atoms with Crippen LogP contribution in [-0.4, -0.2) is 41.3 Å². The Balaban J connectivity index is 1.69. The quantitative estimate of drug-likeness (QED) is 0.572. The first-order valence-electron chi connectivity index (χ1n) is 9.27. The Morgan fingerprint density at radius 1 is 1.07 bits per heavy atom. The number of rotatable bonds is 8. The topological polar surface area (TPSA) is 66.3 Å². The standard InChI is InChI=1S/C22H27N3O2/c1-23-20(12-16-8-4-3-5-9-16)22(27)24-18(15-26)13-17-14-25(2)21-11-7-6-10-19(17)21/h3-11,14,18,20,23,26H,12-13,15H2,1-2H3,(H,24,27)/t18-,20-/m0/s1. The van der Waals surface area contributed by atoms with Gasteiger partial charge in [-0.15, -0.1) is 0 Å². The average molecular weight is 365 g/mol. The second-order valence-electron chi connectivity index (χ2n) is 6.91. The Morgan fingerprint density at radius 3 is 2.48 bits per heavy atom. The SMILES string of the molecule is CN[C@@H](Cc1ccccc1)C(=O)N[C@H](CO)Cc1cn(C)c2ccccc12. The van der Waals surface area contributed by atoms with E-state index in [4.69, 9.17) is 0 Å². The molecule has 1 heterocycles. The smallest absolute Gasteiger partial charge is 0.237 e. The first-order valence-corrected chi connectivity index (χ1v) is 9.27. The molecule has 142 valence electrons. The summed E-state index contributed by atoms with van der Waals surface area (Å²) in [6.45, 7) is -0.100. The van der Waals surface area contributed by atoms with Crippen LogP contribution in [0.3, 0.4) is 0 Å². The van der Waals surface area contributed by atoms with Gasteiger partial charge in [-0.2, -0.15) is 0 Å². The van der Waals surface area contributed by atoms with Gasteiger partial charge in [0, 0.05) is 24.1 Å². The molecule has 5 nitrogen and oxygen atoms in total. The lowest BCUT2D eigenvalue weighted by Crippen LogP contribution is -2.49. The maximum absolute atomic E-state index is 12.7. The van der Waals surface area contributed by atoms with Crippen molar-refractivity contribution in [2.75, 3.05) is 13.7 Å². The molecule has 2 atom stereocenters. The number of aromatic nitrogens is 1. The normalized spacial score (nSPS) is 13.4. The lowest BCUT2D eigenvalue weighted by atomic mass is 10.0. The Labute approximate surface area is 160 Å². The highest BCUT2D eigenvalue weighted by molar-refractivity contribution is 5.84. The molecule has 3 N–H and O–H groups in total. The summed E-state index contributed by atoms with van der Waals surface area (Å²) >= 11 is 0. The summed E-state index contributed by atoms with van der Waals surface area (Å²) in [4.78, 5) is 12.7. The number of hydrogen-bond acceptors (Lipinski definition) is 3. The third-order valence-electron chi connectivity index (χ3n) is 4.96. The van der Waals surface area contributed by atoms with Crippen LogP contribution in [0.2, 0.25) is 0 Å². The van der Waals surface area contributed by atoms with Crippen molar-refractivity contribution >= 4 is 16.8 Å². The fraction of sp³-hybridized carbons (Fsp3) is 0.318. The van der Waals surface area contributed by atoms with Crippen LogP contribution in [0.15, 0.2) is 60.8 Å². The minimum Gasteiger partial charge on any atom is -0.394 e. The molecule has 3 rings (SSSR count). The molecular formula is C22H27N3O2. The molecule has 1 aromatic heterocycles. The molecule has 0 fully saturated rings. The van der Waals surface area contributed by atoms with E-state index in [0.29, 0.717) is 12.8 Å². The maximum Gasteiger partial charge on any atom is 0.237 e. The molecule has 1 amide bonds. The molecule has 5 heteroatoms. The number of aryl methyl sites for hydroxylation is 1. The highest BCUT2D eigenvalue weighted by Crippen LogP contribution is 2.21. The minimum atomic E-state index is -0.339. The molecule has 0 aliphatic heterocycles. The van der Waals surface area contributed by atoms with Gasteiger partial charge in [0.1, 0.15) is 0 Å². The van der Waals surface area contributed by atoms with Crippen LogP contribution >= 0.6 is 0 Å². The van der Waals surface area contributed by atoms with E-state index in [2.05, 4.69) is 33.5 Å². The van der Waals surface area contributed by atoms with Gasteiger partial charge in [0.15, 0.2) is 0 Å². The molecule has 0 spiro atoms. The molecule has 0 aliphatic carbocycles. The van der Waals surface area contributed by atoms with Gasteiger partial charge < -0.3 is 20.3 Å². The number of amides is 1. The fourth-order valence-electron chi connectivity index (χ4n) is 3.49. The summed E-state index contributed by atoms with van der Waals surface area (Å²) in [5, 5.41) is 17.1. The Bertz CT molecular complexity index is 889. The van der Waals surface area contributed by atoms with Crippen molar-refractivity contribution in [2.24, 2.45) is 7.05 Å². The Kier molecular flexibility index (Phi) is 6.27. The number of likely N-dealkylation sites (N-methyl/N-ethyl adjacent to an activating group) is 1. The van der Waals surface area contributed by atoms with Gasteiger partial charge in [-0.1, -0.05) is 48.5 Å². The van der Waals surface area contributed by atoms with Crippen molar-refractivity contribution in [1.82, 2.24) is 15.2 Å². The van der Waals surface area contributed by atoms with Gasteiger partial charge in [-0.25, -0.2) is 0 Å². The first kappa shape index (κ1) is 19.1. The summed E-state index contributed by atoms with van der Waals surface area (Å²) in [5.41, 5.74) is 3.37. The van der Waals surface area contributed by atoms with Gasteiger partial charge in [0.25, 0.3) is 0 Å². The molecule has 3 aromatic rings. The van der Waals surface area contributed by atoms with Gasteiger partial charge in [0.2, 0.25) is 5.91 Å². The lowest BCUT2D eigenvalue weighted by molar-refractivity contribution is -0.124. The number of para-hydroxylation sites is 1. The van der Waals surface area contributed by atoms with E-state index in [-0.39, 0.29) is 24.6 Å². The van der Waals surface area contributed by atoms with Crippen LogP contribution < -0.4 is 10.6 Å². The van der Waals surface area contributed by atoms with E-state index < -0.39 is 0 Å². The summed E-state index contributed by atoms with van der Waals surface area (Å²) in [5.74, 6) is -0.0966. The van der Waals surface area contributed by atoms with Crippen molar-refractivity contribution in [3.63, 3.8) is 0 Å². The van der Waals surface area contributed by atoms with Crippen LogP contribution in [0.1, 0.15) is 11.1 Å². The molecule has 27 heavy (non-hydrogen) atoms. The molecule has 0 saturated heterocycles. The van der Waals surface area contributed by atoms with E-state index in [9.17, 15) is 9.90 Å². The fourth-order valence-corrected chi connectivity index (χ4v) is 3.49. The molecule has 0 unspecified atom stereocenters. The number of carbonyl (C=O) groups excluding carboxylic acids is 1. The van der Waals surface area contributed by atoms with Gasteiger partial charge in [-0.3, -0.25) is 4.79 Å². The highest BCUT2D eigenvalue weighted by atomic mass is 16.3. The maximum atomic E-state index is 12.7. The Hall–Kier alpha value is -2.63. The number of aliphatic hydroxyl groups is 1. The zero-order valence-electron chi connectivity index (χ0n) is 15.9. The van der Waals surface area contributed by atoms with Crippen molar-refractivity contribution in [3.05, 3.63) is 71.9 Å². The minimum absolute atomic E-state index is 0.0966. The number of fused-ring (bicyclic) bond motifs is 1. The molecule has 0 bridgehead atoms. The molecule has 0 saturated carbocycles. The van der Waals surface area contributed by atoms with Crippen LogP contribution in [0.5, 0.6) is 0 Å². The zero-order valence-corrected chi connectivity index (χ0v) is 15.9. The summed E-state index contributed by atoms with van der Waals surface area (Å²) in [6, 6.07) is 17.4. The second-order valence-corrected chi connectivity index (χ2v) is 6.91. The highest BCUT2D eigenvalue weighted by Gasteiger charge is 2.21. The van der Waals surface area contributed by atoms with E-state index in [1.807, 2.05) is 49.5 Å². The Morgan fingerprint density at radius 2 is 1.78 bits per heavy atom. The third kappa shape index (κ3) is 4.56. The summed E-state index contributed by atoms with van der Waals surface area (Å²) < 4.78 is 2.08. The molecule has 0 aliphatic rings. The van der Waals surface area contributed by atoms with Crippen LogP contribution in [0, 0.1) is 0 Å². The van der Waals surface area contributed by atoms with Crippen molar-refractivity contribution in [3.8, 4) is 0 Å². The predicted molar refractivity (Wildman–Crippen MR) is 109 cm³/mol. The molecule has 2 aromatic carbocycles. The van der Waals surface area contributed by atoms with Crippen LogP contribution in [0.25, 0.3) is 10.9 Å². The summed E-state index contributed by atoms with van der Waals surface area (Å²) in [7, 11) is 3.79. The average Bonchev–Trinajstić information content (AvgIpc) is 3.02. The van der Waals surface area contributed by atoms with E-state index in [1.165, 1.54) is 0 Å². The van der Waals surface area contributed by atoms with Gasteiger partial charge in [0.05, 0.1) is 18.7 Å². The first-order chi connectivity index (χ1) is 13.1. The molecule has 0 radical (unpaired) electrons. The number of benzene rings is 2. The number of nitrogens with one attached hydrogen (secondary N) is 2. The van der Waals surface area contributed by atoms with Gasteiger partial charge in [-0.05, 0) is 37.1 Å².